The smallest absolute Gasteiger partial charge is 0.453 e. The van der Waals surface area contributed by atoms with E-state index in [4.69, 9.17) is 0 Å². The second-order valence-electron chi connectivity index (χ2n) is 2.48. The summed E-state index contributed by atoms with van der Waals surface area (Å²) in [5.74, 6) is -2.16. The Hall–Kier alpha value is -0.780. The van der Waals surface area contributed by atoms with E-state index in [1.807, 2.05) is 0 Å². The average Bonchev–Trinajstić information content (AvgIpc) is 2.65. The van der Waals surface area contributed by atoms with Crippen molar-refractivity contribution in [3.63, 3.8) is 0 Å². The van der Waals surface area contributed by atoms with E-state index in [0.717, 1.165) is 0 Å². The molecular formula is C6H7F3O3. The van der Waals surface area contributed by atoms with Crippen molar-refractivity contribution in [2.24, 2.45) is 0 Å². The van der Waals surface area contributed by atoms with Crippen LogP contribution in [0.4, 0.5) is 13.2 Å². The fourth-order valence-electron chi connectivity index (χ4n) is 0.638. The van der Waals surface area contributed by atoms with E-state index in [9.17, 15) is 18.0 Å². The van der Waals surface area contributed by atoms with Crippen molar-refractivity contribution in [3.05, 3.63) is 0 Å². The summed E-state index contributed by atoms with van der Waals surface area (Å²) in [5, 5.41) is 0. The summed E-state index contributed by atoms with van der Waals surface area (Å²) in [6.07, 6.45) is -6.10. The Balaban J connectivity index is 2.34. The topological polar surface area (TPSA) is 38.8 Å². The lowest BCUT2D eigenvalue weighted by Crippen LogP contribution is -2.31. The molecule has 2 unspecified atom stereocenters. The first-order chi connectivity index (χ1) is 5.41. The lowest BCUT2D eigenvalue weighted by Gasteiger charge is -2.11. The van der Waals surface area contributed by atoms with Crippen LogP contribution in [-0.2, 0) is 14.3 Å². The first kappa shape index (κ1) is 9.31. The molecule has 12 heavy (non-hydrogen) atoms. The van der Waals surface area contributed by atoms with Crippen molar-refractivity contribution in [1.29, 1.82) is 0 Å². The van der Waals surface area contributed by atoms with Gasteiger partial charge in [-0.15, -0.1) is 0 Å². The van der Waals surface area contributed by atoms with E-state index in [0.29, 0.717) is 6.61 Å². The van der Waals surface area contributed by atoms with Crippen LogP contribution in [0.2, 0.25) is 0 Å². The summed E-state index contributed by atoms with van der Waals surface area (Å²) < 4.78 is 43.4. The molecule has 0 amide bonds. The van der Waals surface area contributed by atoms with Crippen molar-refractivity contribution in [2.75, 3.05) is 6.61 Å². The summed E-state index contributed by atoms with van der Waals surface area (Å²) in [6.45, 7) is 1.72. The quantitative estimate of drug-likeness (QED) is 0.472. The molecule has 1 heterocycles. The molecule has 0 aromatic carbocycles. The van der Waals surface area contributed by atoms with Gasteiger partial charge in [0.25, 0.3) is 0 Å². The Morgan fingerprint density at radius 1 is 1.67 bits per heavy atom. The monoisotopic (exact) mass is 184 g/mol. The molecule has 6 heteroatoms. The Morgan fingerprint density at radius 3 is 2.50 bits per heavy atom. The molecule has 0 saturated carbocycles. The fraction of sp³-hybridized carbons (Fsp3) is 0.833. The Bertz CT molecular complexity index is 185. The molecule has 2 atom stereocenters. The second kappa shape index (κ2) is 2.93. The van der Waals surface area contributed by atoms with Gasteiger partial charge >= 0.3 is 12.1 Å². The maximum absolute atomic E-state index is 11.6. The van der Waals surface area contributed by atoms with Crippen LogP contribution >= 0.6 is 0 Å². The summed E-state index contributed by atoms with van der Waals surface area (Å²) in [6, 6.07) is 0. The zero-order valence-electron chi connectivity index (χ0n) is 6.22. The number of hydrogen-bond donors (Lipinski definition) is 0. The van der Waals surface area contributed by atoms with Crippen molar-refractivity contribution in [2.45, 2.75) is 25.3 Å². The van der Waals surface area contributed by atoms with Crippen molar-refractivity contribution < 1.29 is 27.4 Å². The minimum absolute atomic E-state index is 0.353. The predicted molar refractivity (Wildman–Crippen MR) is 31.3 cm³/mol. The molecule has 3 nitrogen and oxygen atoms in total. The van der Waals surface area contributed by atoms with Gasteiger partial charge in [-0.05, 0) is 6.92 Å². The summed E-state index contributed by atoms with van der Waals surface area (Å²) in [4.78, 5) is 10.2. The number of ether oxygens (including phenoxy) is 2. The number of halogens is 3. The van der Waals surface area contributed by atoms with Gasteiger partial charge in [-0.25, -0.2) is 4.79 Å². The van der Waals surface area contributed by atoms with E-state index in [-0.39, 0.29) is 6.10 Å². The highest BCUT2D eigenvalue weighted by atomic mass is 19.4. The Kier molecular flexibility index (Phi) is 2.27. The van der Waals surface area contributed by atoms with Gasteiger partial charge < -0.3 is 9.47 Å². The molecule has 0 spiro atoms. The number of carbonyl (C=O) groups is 1. The van der Waals surface area contributed by atoms with Crippen LogP contribution in [0.3, 0.4) is 0 Å². The maximum Gasteiger partial charge on any atom is 0.490 e. The number of rotatable bonds is 2. The van der Waals surface area contributed by atoms with E-state index in [1.54, 1.807) is 0 Å². The minimum atomic E-state index is -4.91. The van der Waals surface area contributed by atoms with Gasteiger partial charge in [0.2, 0.25) is 0 Å². The molecule has 70 valence electrons. The summed E-state index contributed by atoms with van der Waals surface area (Å²) >= 11 is 0. The number of hydrogen-bond acceptors (Lipinski definition) is 3. The lowest BCUT2D eigenvalue weighted by atomic mass is 10.3. The number of carbonyl (C=O) groups excluding carboxylic acids is 1. The first-order valence-electron chi connectivity index (χ1n) is 3.30. The van der Waals surface area contributed by atoms with E-state index in [2.05, 4.69) is 9.47 Å². The molecule has 1 rings (SSSR count). The number of esters is 1. The molecular weight excluding hydrogens is 177 g/mol. The maximum atomic E-state index is 11.6. The number of alkyl halides is 3. The van der Waals surface area contributed by atoms with E-state index >= 15 is 0 Å². The Morgan fingerprint density at radius 2 is 2.17 bits per heavy atom. The highest BCUT2D eigenvalue weighted by Gasteiger charge is 2.44. The molecule has 1 saturated heterocycles. The molecule has 1 aliphatic heterocycles. The van der Waals surface area contributed by atoms with Crippen LogP contribution in [0.5, 0.6) is 0 Å². The predicted octanol–water partition coefficient (Wildman–Crippen LogP) is 0.879. The summed E-state index contributed by atoms with van der Waals surface area (Å²) in [7, 11) is 0. The fourth-order valence-corrected chi connectivity index (χ4v) is 0.638. The Labute approximate surface area is 66.4 Å². The highest BCUT2D eigenvalue weighted by Crippen LogP contribution is 2.22. The zero-order valence-corrected chi connectivity index (χ0v) is 6.22. The third kappa shape index (κ3) is 2.37. The van der Waals surface area contributed by atoms with Gasteiger partial charge in [-0.3, -0.25) is 0 Å². The highest BCUT2D eigenvalue weighted by molar-refractivity contribution is 5.75. The molecule has 0 aliphatic carbocycles. The molecule has 1 aliphatic rings. The van der Waals surface area contributed by atoms with Crippen LogP contribution in [0.15, 0.2) is 0 Å². The molecule has 0 aromatic rings. The zero-order chi connectivity index (χ0) is 9.35. The van der Waals surface area contributed by atoms with Gasteiger partial charge in [-0.2, -0.15) is 13.2 Å². The third-order valence-electron chi connectivity index (χ3n) is 1.41. The van der Waals surface area contributed by atoms with Gasteiger partial charge in [0.15, 0.2) is 0 Å². The average molecular weight is 184 g/mol. The molecule has 0 radical (unpaired) electrons. The van der Waals surface area contributed by atoms with Gasteiger partial charge in [0.05, 0.1) is 6.61 Å². The summed E-state index contributed by atoms with van der Waals surface area (Å²) in [5.41, 5.74) is 0. The van der Waals surface area contributed by atoms with Crippen molar-refractivity contribution in [1.82, 2.24) is 0 Å². The second-order valence-corrected chi connectivity index (χ2v) is 2.48. The SMILES string of the molecule is CC(OC(=O)C(F)(F)F)C1CO1. The van der Waals surface area contributed by atoms with Gasteiger partial charge in [0, 0.05) is 0 Å². The minimum Gasteiger partial charge on any atom is -0.453 e. The van der Waals surface area contributed by atoms with Gasteiger partial charge in [0.1, 0.15) is 12.2 Å². The van der Waals surface area contributed by atoms with Crippen LogP contribution in [-0.4, -0.2) is 31.0 Å². The molecule has 1 fully saturated rings. The lowest BCUT2D eigenvalue weighted by molar-refractivity contribution is -0.204. The standard InChI is InChI=1S/C6H7F3O3/c1-3(4-2-11-4)12-5(10)6(7,8)9/h3-4H,2H2,1H3. The normalized spacial score (nSPS) is 24.8. The van der Waals surface area contributed by atoms with Crippen LogP contribution < -0.4 is 0 Å². The first-order valence-corrected chi connectivity index (χ1v) is 3.30. The number of epoxide rings is 1. The van der Waals surface area contributed by atoms with Crippen LogP contribution in [0, 0.1) is 0 Å². The van der Waals surface area contributed by atoms with Crippen molar-refractivity contribution in [3.8, 4) is 0 Å². The van der Waals surface area contributed by atoms with E-state index < -0.39 is 18.2 Å². The van der Waals surface area contributed by atoms with Crippen LogP contribution in [0.25, 0.3) is 0 Å². The molecule has 0 aromatic heterocycles. The van der Waals surface area contributed by atoms with Crippen LogP contribution in [0.1, 0.15) is 6.92 Å². The largest absolute Gasteiger partial charge is 0.490 e. The molecule has 0 bridgehead atoms. The van der Waals surface area contributed by atoms with Crippen molar-refractivity contribution >= 4 is 5.97 Å². The van der Waals surface area contributed by atoms with Gasteiger partial charge in [-0.1, -0.05) is 0 Å². The molecule has 0 N–H and O–H groups in total. The van der Waals surface area contributed by atoms with E-state index in [1.165, 1.54) is 6.92 Å². The third-order valence-corrected chi connectivity index (χ3v) is 1.41.